The van der Waals surface area contributed by atoms with E-state index in [0.717, 1.165) is 22.2 Å². The predicted molar refractivity (Wildman–Crippen MR) is 72.2 cm³/mol. The second-order valence-electron chi connectivity index (χ2n) is 4.65. The fourth-order valence-electron chi connectivity index (χ4n) is 2.52. The van der Waals surface area contributed by atoms with E-state index in [1.807, 2.05) is 31.2 Å². The van der Waals surface area contributed by atoms with Crippen LogP contribution in [-0.2, 0) is 4.79 Å². The van der Waals surface area contributed by atoms with Crippen molar-refractivity contribution in [2.75, 3.05) is 0 Å². The molecule has 0 unspecified atom stereocenters. The van der Waals surface area contributed by atoms with Crippen molar-refractivity contribution < 1.29 is 9.59 Å². The summed E-state index contributed by atoms with van der Waals surface area (Å²) in [5, 5.41) is 4.87. The largest absolute Gasteiger partial charge is 0.287 e. The first kappa shape index (κ1) is 11.6. The summed E-state index contributed by atoms with van der Waals surface area (Å²) in [6.45, 7) is 3.31. The van der Waals surface area contributed by atoms with E-state index < -0.39 is 5.92 Å². The molecule has 0 spiro atoms. The van der Waals surface area contributed by atoms with E-state index >= 15 is 0 Å². The summed E-state index contributed by atoms with van der Waals surface area (Å²) in [6, 6.07) is 7.57. The zero-order chi connectivity index (χ0) is 13.6. The molecule has 5 heteroatoms. The van der Waals surface area contributed by atoms with Gasteiger partial charge in [-0.05, 0) is 18.6 Å². The lowest BCUT2D eigenvalue weighted by Gasteiger charge is -2.05. The lowest BCUT2D eigenvalue weighted by Crippen LogP contribution is -2.20. The van der Waals surface area contributed by atoms with Gasteiger partial charge in [0.25, 0.3) is 5.91 Å². The molecule has 0 saturated carbocycles. The number of hydrazone groups is 1. The zero-order valence-corrected chi connectivity index (χ0v) is 10.7. The molecule has 5 nitrogen and oxygen atoms in total. The molecule has 0 fully saturated rings. The van der Waals surface area contributed by atoms with Gasteiger partial charge in [0.05, 0.1) is 11.2 Å². The predicted octanol–water partition coefficient (Wildman–Crippen LogP) is 1.89. The maximum atomic E-state index is 11.9. The van der Waals surface area contributed by atoms with E-state index in [-0.39, 0.29) is 11.8 Å². The maximum Gasteiger partial charge on any atom is 0.253 e. The van der Waals surface area contributed by atoms with Crippen LogP contribution in [0.15, 0.2) is 35.6 Å². The van der Waals surface area contributed by atoms with Crippen molar-refractivity contribution in [2.24, 2.45) is 5.10 Å². The minimum atomic E-state index is -0.412. The van der Waals surface area contributed by atoms with Gasteiger partial charge in [-0.15, -0.1) is 0 Å². The molecule has 0 saturated heterocycles. The lowest BCUT2D eigenvalue weighted by atomic mass is 9.95. The van der Waals surface area contributed by atoms with Crippen LogP contribution in [0, 0.1) is 0 Å². The van der Waals surface area contributed by atoms with Crippen molar-refractivity contribution in [2.45, 2.75) is 19.8 Å². The molecule has 0 bridgehead atoms. The van der Waals surface area contributed by atoms with Crippen LogP contribution in [0.1, 0.15) is 30.1 Å². The second kappa shape index (κ2) is 4.05. The Labute approximate surface area is 109 Å². The summed E-state index contributed by atoms with van der Waals surface area (Å²) in [5.41, 5.74) is 4.83. The first-order chi connectivity index (χ1) is 9.09. The van der Waals surface area contributed by atoms with Gasteiger partial charge in [0.15, 0.2) is 0 Å². The topological polar surface area (TPSA) is 63.5 Å². The first-order valence-electron chi connectivity index (χ1n) is 6.04. The molecule has 1 atom stereocenters. The molecule has 1 aromatic carbocycles. The SMILES string of the molecule is CC(=O)n1cc([C@H]2C(=O)NN=C2C)c2ccccc21. The van der Waals surface area contributed by atoms with Crippen LogP contribution in [0.3, 0.4) is 0 Å². The number of amides is 1. The molecule has 2 aromatic rings. The van der Waals surface area contributed by atoms with Gasteiger partial charge in [-0.3, -0.25) is 14.2 Å². The number of fused-ring (bicyclic) bond motifs is 1. The van der Waals surface area contributed by atoms with Gasteiger partial charge >= 0.3 is 0 Å². The van der Waals surface area contributed by atoms with Gasteiger partial charge in [0, 0.05) is 18.5 Å². The van der Waals surface area contributed by atoms with Crippen LogP contribution in [0.25, 0.3) is 10.9 Å². The standard InChI is InChI=1S/C14H13N3O2/c1-8-13(14(19)16-15-8)11-7-17(9(2)18)12-6-4-3-5-10(11)12/h3-7,13H,1-2H3,(H,16,19)/t13-/m0/s1. The average molecular weight is 255 g/mol. The Morgan fingerprint density at radius 2 is 2.11 bits per heavy atom. The zero-order valence-electron chi connectivity index (χ0n) is 10.7. The first-order valence-corrected chi connectivity index (χ1v) is 6.04. The number of rotatable bonds is 1. The fourth-order valence-corrected chi connectivity index (χ4v) is 2.52. The highest BCUT2D eigenvalue weighted by atomic mass is 16.2. The van der Waals surface area contributed by atoms with Crippen molar-refractivity contribution in [3.63, 3.8) is 0 Å². The van der Waals surface area contributed by atoms with Gasteiger partial charge in [0.2, 0.25) is 5.91 Å². The van der Waals surface area contributed by atoms with Crippen LogP contribution in [0.2, 0.25) is 0 Å². The molecule has 3 rings (SSSR count). The van der Waals surface area contributed by atoms with Crippen molar-refractivity contribution >= 4 is 28.4 Å². The maximum absolute atomic E-state index is 11.9. The minimum Gasteiger partial charge on any atom is -0.287 e. The molecule has 2 heterocycles. The molecular weight excluding hydrogens is 242 g/mol. The van der Waals surface area contributed by atoms with Crippen LogP contribution < -0.4 is 5.43 Å². The Morgan fingerprint density at radius 1 is 1.37 bits per heavy atom. The third-order valence-corrected chi connectivity index (χ3v) is 3.42. The summed E-state index contributed by atoms with van der Waals surface area (Å²) >= 11 is 0. The summed E-state index contributed by atoms with van der Waals surface area (Å²) in [5.74, 6) is -0.634. The van der Waals surface area contributed by atoms with E-state index in [0.29, 0.717) is 0 Å². The molecule has 1 amide bonds. The highest BCUT2D eigenvalue weighted by Gasteiger charge is 2.31. The molecule has 1 aromatic heterocycles. The number of carbonyl (C=O) groups excluding carboxylic acids is 2. The van der Waals surface area contributed by atoms with Gasteiger partial charge in [-0.2, -0.15) is 5.10 Å². The van der Waals surface area contributed by atoms with Crippen molar-refractivity contribution in [3.05, 3.63) is 36.0 Å². The van der Waals surface area contributed by atoms with Crippen molar-refractivity contribution in [1.29, 1.82) is 0 Å². The van der Waals surface area contributed by atoms with Crippen LogP contribution in [0.5, 0.6) is 0 Å². The molecule has 1 aliphatic heterocycles. The number of hydrogen-bond acceptors (Lipinski definition) is 3. The quantitative estimate of drug-likeness (QED) is 0.845. The molecular formula is C14H13N3O2. The Morgan fingerprint density at radius 3 is 2.74 bits per heavy atom. The Balaban J connectivity index is 2.27. The van der Waals surface area contributed by atoms with Gasteiger partial charge in [-0.1, -0.05) is 18.2 Å². The van der Waals surface area contributed by atoms with Crippen LogP contribution in [-0.4, -0.2) is 22.1 Å². The smallest absolute Gasteiger partial charge is 0.253 e. The lowest BCUT2D eigenvalue weighted by molar-refractivity contribution is -0.120. The van der Waals surface area contributed by atoms with Crippen molar-refractivity contribution in [3.8, 4) is 0 Å². The van der Waals surface area contributed by atoms with Gasteiger partial charge < -0.3 is 0 Å². The minimum absolute atomic E-state index is 0.0737. The molecule has 19 heavy (non-hydrogen) atoms. The second-order valence-corrected chi connectivity index (χ2v) is 4.65. The van der Waals surface area contributed by atoms with E-state index in [1.54, 1.807) is 10.8 Å². The highest BCUT2D eigenvalue weighted by molar-refractivity contribution is 6.14. The number of para-hydroxylation sites is 1. The molecule has 0 radical (unpaired) electrons. The summed E-state index contributed by atoms with van der Waals surface area (Å²) in [7, 11) is 0. The normalized spacial score (nSPS) is 18.5. The number of carbonyl (C=O) groups is 2. The molecule has 0 aliphatic carbocycles. The number of nitrogens with zero attached hydrogens (tertiary/aromatic N) is 2. The molecule has 1 N–H and O–H groups in total. The third kappa shape index (κ3) is 1.66. The van der Waals surface area contributed by atoms with E-state index in [1.165, 1.54) is 6.92 Å². The molecule has 1 aliphatic rings. The van der Waals surface area contributed by atoms with E-state index in [4.69, 9.17) is 0 Å². The monoisotopic (exact) mass is 255 g/mol. The number of nitrogens with one attached hydrogen (secondary N) is 1. The fraction of sp³-hybridized carbons (Fsp3) is 0.214. The van der Waals surface area contributed by atoms with Crippen LogP contribution in [0.4, 0.5) is 0 Å². The number of aromatic nitrogens is 1. The van der Waals surface area contributed by atoms with Crippen LogP contribution >= 0.6 is 0 Å². The van der Waals surface area contributed by atoms with E-state index in [2.05, 4.69) is 10.5 Å². The third-order valence-electron chi connectivity index (χ3n) is 3.42. The van der Waals surface area contributed by atoms with Crippen molar-refractivity contribution in [1.82, 2.24) is 9.99 Å². The summed E-state index contributed by atoms with van der Waals surface area (Å²) in [4.78, 5) is 23.6. The Bertz CT molecular complexity index is 727. The van der Waals surface area contributed by atoms with Gasteiger partial charge in [-0.25, -0.2) is 5.43 Å². The summed E-state index contributed by atoms with van der Waals surface area (Å²) < 4.78 is 1.57. The highest BCUT2D eigenvalue weighted by Crippen LogP contribution is 2.30. The Kier molecular flexibility index (Phi) is 2.48. The summed E-state index contributed by atoms with van der Waals surface area (Å²) in [6.07, 6.45) is 1.74. The van der Waals surface area contributed by atoms with E-state index in [9.17, 15) is 9.59 Å². The molecule has 96 valence electrons. The Hall–Kier alpha value is -2.43. The number of hydrogen-bond donors (Lipinski definition) is 1. The number of benzene rings is 1. The average Bonchev–Trinajstić information content (AvgIpc) is 2.91. The van der Waals surface area contributed by atoms with Gasteiger partial charge in [0.1, 0.15) is 5.92 Å².